The van der Waals surface area contributed by atoms with E-state index in [0.717, 1.165) is 5.01 Å². The van der Waals surface area contributed by atoms with E-state index in [-0.39, 0.29) is 11.4 Å². The van der Waals surface area contributed by atoms with E-state index < -0.39 is 5.97 Å². The first-order valence-corrected chi connectivity index (χ1v) is 7.38. The summed E-state index contributed by atoms with van der Waals surface area (Å²) in [5.74, 6) is -1.29. The predicted octanol–water partition coefficient (Wildman–Crippen LogP) is 3.20. The van der Waals surface area contributed by atoms with E-state index in [9.17, 15) is 9.18 Å². The molecule has 3 aromatic rings. The zero-order chi connectivity index (χ0) is 15.7. The molecule has 0 amide bonds. The molecule has 1 aromatic carbocycles. The zero-order valence-electron chi connectivity index (χ0n) is 11.7. The van der Waals surface area contributed by atoms with Crippen molar-refractivity contribution < 1.29 is 14.3 Å². The van der Waals surface area contributed by atoms with E-state index in [0.29, 0.717) is 23.4 Å². The van der Waals surface area contributed by atoms with Crippen LogP contribution in [0.1, 0.15) is 20.9 Å². The van der Waals surface area contributed by atoms with Crippen LogP contribution >= 0.6 is 11.3 Å². The normalized spacial score (nSPS) is 10.8. The lowest BCUT2D eigenvalue weighted by molar-refractivity contribution is 0.0697. The van der Waals surface area contributed by atoms with Crippen molar-refractivity contribution >= 4 is 17.3 Å². The second kappa shape index (κ2) is 5.69. The lowest BCUT2D eigenvalue weighted by atomic mass is 10.1. The van der Waals surface area contributed by atoms with Crippen LogP contribution in [-0.2, 0) is 6.54 Å². The average Bonchev–Trinajstić information content (AvgIpc) is 3.12. The first kappa shape index (κ1) is 14.4. The standard InChI is InChI=1S/C15H12FN3O2S/c1-9-3-2-4-11(14(9)16)12-8-22-13(18-12)7-19-6-10(5-17-19)15(20)21/h2-6,8H,7H2,1H3,(H,20,21). The van der Waals surface area contributed by atoms with Crippen LogP contribution in [-0.4, -0.2) is 25.8 Å². The average molecular weight is 317 g/mol. The maximum absolute atomic E-state index is 14.1. The fraction of sp³-hybridized carbons (Fsp3) is 0.133. The Bertz CT molecular complexity index is 841. The van der Waals surface area contributed by atoms with Gasteiger partial charge in [0.2, 0.25) is 0 Å². The Morgan fingerprint density at radius 3 is 3.00 bits per heavy atom. The highest BCUT2D eigenvalue weighted by molar-refractivity contribution is 7.09. The number of aryl methyl sites for hydroxylation is 1. The van der Waals surface area contributed by atoms with Crippen LogP contribution in [0.2, 0.25) is 0 Å². The Balaban J connectivity index is 1.84. The van der Waals surface area contributed by atoms with Gasteiger partial charge in [0.15, 0.2) is 0 Å². The number of benzene rings is 1. The molecule has 2 aromatic heterocycles. The number of carbonyl (C=O) groups is 1. The molecule has 7 heteroatoms. The molecule has 0 saturated heterocycles. The third-order valence-corrected chi connectivity index (χ3v) is 4.03. The van der Waals surface area contributed by atoms with Gasteiger partial charge in [-0.25, -0.2) is 14.2 Å². The Hall–Kier alpha value is -2.54. The lowest BCUT2D eigenvalue weighted by Gasteiger charge is -2.02. The highest BCUT2D eigenvalue weighted by atomic mass is 32.1. The molecule has 0 aliphatic rings. The number of carboxylic acids is 1. The number of hydrogen-bond acceptors (Lipinski definition) is 4. The molecule has 0 radical (unpaired) electrons. The summed E-state index contributed by atoms with van der Waals surface area (Å²) in [7, 11) is 0. The maximum atomic E-state index is 14.1. The molecule has 0 saturated carbocycles. The van der Waals surface area contributed by atoms with Gasteiger partial charge in [0.1, 0.15) is 10.8 Å². The number of carboxylic acid groups (broad SMARTS) is 1. The van der Waals surface area contributed by atoms with Crippen LogP contribution in [0.5, 0.6) is 0 Å². The van der Waals surface area contributed by atoms with Gasteiger partial charge in [-0.05, 0) is 18.6 Å². The van der Waals surface area contributed by atoms with Gasteiger partial charge < -0.3 is 5.11 Å². The van der Waals surface area contributed by atoms with E-state index in [2.05, 4.69) is 10.1 Å². The minimum Gasteiger partial charge on any atom is -0.478 e. The number of halogens is 1. The third kappa shape index (κ3) is 2.75. The molecule has 0 fully saturated rings. The number of aromatic nitrogens is 3. The largest absolute Gasteiger partial charge is 0.478 e. The minimum absolute atomic E-state index is 0.126. The van der Waals surface area contributed by atoms with Crippen molar-refractivity contribution in [2.75, 3.05) is 0 Å². The first-order chi connectivity index (χ1) is 10.5. The fourth-order valence-electron chi connectivity index (χ4n) is 2.05. The molecule has 0 bridgehead atoms. The van der Waals surface area contributed by atoms with Crippen LogP contribution in [0.4, 0.5) is 4.39 Å². The smallest absolute Gasteiger partial charge is 0.338 e. The van der Waals surface area contributed by atoms with E-state index in [4.69, 9.17) is 5.11 Å². The molecule has 22 heavy (non-hydrogen) atoms. The number of aromatic carboxylic acids is 1. The van der Waals surface area contributed by atoms with Crippen molar-refractivity contribution in [3.05, 3.63) is 57.9 Å². The Morgan fingerprint density at radius 1 is 1.45 bits per heavy atom. The topological polar surface area (TPSA) is 68.0 Å². The number of nitrogens with zero attached hydrogens (tertiary/aromatic N) is 3. The molecule has 0 aliphatic carbocycles. The van der Waals surface area contributed by atoms with Gasteiger partial charge in [-0.1, -0.05) is 12.1 Å². The molecule has 0 spiro atoms. The zero-order valence-corrected chi connectivity index (χ0v) is 12.5. The molecule has 112 valence electrons. The summed E-state index contributed by atoms with van der Waals surface area (Å²) in [5.41, 5.74) is 1.74. The number of rotatable bonds is 4. The quantitative estimate of drug-likeness (QED) is 0.802. The van der Waals surface area contributed by atoms with Gasteiger partial charge in [-0.15, -0.1) is 11.3 Å². The van der Waals surface area contributed by atoms with Gasteiger partial charge >= 0.3 is 5.97 Å². The van der Waals surface area contributed by atoms with Crippen LogP contribution in [0.25, 0.3) is 11.3 Å². The molecular weight excluding hydrogens is 305 g/mol. The molecule has 0 atom stereocenters. The minimum atomic E-state index is -1.02. The highest BCUT2D eigenvalue weighted by Gasteiger charge is 2.12. The monoisotopic (exact) mass is 317 g/mol. The summed E-state index contributed by atoms with van der Waals surface area (Å²) in [6.45, 7) is 2.06. The summed E-state index contributed by atoms with van der Waals surface area (Å²) >= 11 is 1.39. The number of thiazole rings is 1. The van der Waals surface area contributed by atoms with Crippen LogP contribution in [0, 0.1) is 12.7 Å². The van der Waals surface area contributed by atoms with Crippen molar-refractivity contribution in [3.8, 4) is 11.3 Å². The molecule has 5 nitrogen and oxygen atoms in total. The summed E-state index contributed by atoms with van der Waals surface area (Å²) in [6.07, 6.45) is 2.73. The van der Waals surface area contributed by atoms with Crippen LogP contribution in [0.3, 0.4) is 0 Å². The van der Waals surface area contributed by atoms with E-state index in [1.807, 2.05) is 0 Å². The van der Waals surface area contributed by atoms with Crippen molar-refractivity contribution in [2.45, 2.75) is 13.5 Å². The van der Waals surface area contributed by atoms with Gasteiger partial charge in [0.05, 0.1) is 24.0 Å². The summed E-state index contributed by atoms with van der Waals surface area (Å²) in [4.78, 5) is 15.2. The molecule has 0 aliphatic heterocycles. The second-order valence-corrected chi connectivity index (χ2v) is 5.74. The van der Waals surface area contributed by atoms with E-state index in [1.54, 1.807) is 30.5 Å². The predicted molar refractivity (Wildman–Crippen MR) is 80.5 cm³/mol. The van der Waals surface area contributed by atoms with Crippen molar-refractivity contribution in [2.24, 2.45) is 0 Å². The van der Waals surface area contributed by atoms with Gasteiger partial charge in [-0.2, -0.15) is 5.10 Å². The maximum Gasteiger partial charge on any atom is 0.338 e. The molecule has 2 heterocycles. The van der Waals surface area contributed by atoms with E-state index >= 15 is 0 Å². The highest BCUT2D eigenvalue weighted by Crippen LogP contribution is 2.26. The Kier molecular flexibility index (Phi) is 3.72. The lowest BCUT2D eigenvalue weighted by Crippen LogP contribution is -2.00. The number of hydrogen-bond donors (Lipinski definition) is 1. The third-order valence-electron chi connectivity index (χ3n) is 3.20. The van der Waals surface area contributed by atoms with Crippen LogP contribution in [0.15, 0.2) is 36.0 Å². The van der Waals surface area contributed by atoms with Gasteiger partial charge in [-0.3, -0.25) is 4.68 Å². The fourth-order valence-corrected chi connectivity index (χ4v) is 2.84. The molecule has 0 unspecified atom stereocenters. The van der Waals surface area contributed by atoms with Gasteiger partial charge in [0.25, 0.3) is 0 Å². The molecule has 3 rings (SSSR count). The SMILES string of the molecule is Cc1cccc(-c2csc(Cn3cc(C(=O)O)cn3)n2)c1F. The Morgan fingerprint density at radius 2 is 2.27 bits per heavy atom. The second-order valence-electron chi connectivity index (χ2n) is 4.79. The Labute approximate surface area is 129 Å². The summed E-state index contributed by atoms with van der Waals surface area (Å²) < 4.78 is 15.6. The first-order valence-electron chi connectivity index (χ1n) is 6.50. The van der Waals surface area contributed by atoms with Gasteiger partial charge in [0, 0.05) is 17.1 Å². The molecular formula is C15H12FN3O2S. The van der Waals surface area contributed by atoms with E-state index in [1.165, 1.54) is 28.4 Å². The summed E-state index contributed by atoms with van der Waals surface area (Å²) in [6, 6.07) is 5.19. The molecule has 1 N–H and O–H groups in total. The van der Waals surface area contributed by atoms with Crippen molar-refractivity contribution in [1.29, 1.82) is 0 Å². The van der Waals surface area contributed by atoms with Crippen molar-refractivity contribution in [3.63, 3.8) is 0 Å². The summed E-state index contributed by atoms with van der Waals surface area (Å²) in [5, 5.41) is 15.4. The van der Waals surface area contributed by atoms with Crippen LogP contribution < -0.4 is 0 Å². The van der Waals surface area contributed by atoms with Crippen molar-refractivity contribution in [1.82, 2.24) is 14.8 Å².